The number of carboxylic acids is 1. The van der Waals surface area contributed by atoms with Crippen LogP contribution in [0.3, 0.4) is 0 Å². The maximum Gasteiger partial charge on any atom is 0.221 e. The van der Waals surface area contributed by atoms with Crippen LogP contribution in [0.2, 0.25) is 0 Å². The van der Waals surface area contributed by atoms with E-state index >= 15 is 0 Å². The second-order valence-electron chi connectivity index (χ2n) is 3.30. The third-order valence-electron chi connectivity index (χ3n) is 2.07. The Hall–Kier alpha value is -1.66. The topological polar surface area (TPSA) is 69.2 Å². The molecule has 2 aromatic rings. The van der Waals surface area contributed by atoms with Crippen molar-refractivity contribution in [3.63, 3.8) is 0 Å². The van der Waals surface area contributed by atoms with Gasteiger partial charge >= 0.3 is 0 Å². The van der Waals surface area contributed by atoms with Crippen molar-refractivity contribution in [2.45, 2.75) is 6.92 Å². The number of anilines is 1. The highest BCUT2D eigenvalue weighted by Gasteiger charge is 2.15. The molecule has 2 rings (SSSR count). The first-order valence-corrected chi connectivity index (χ1v) is 6.50. The van der Waals surface area contributed by atoms with E-state index in [1.54, 1.807) is 5.38 Å². The number of carbonyl (C=O) groups is 2. The van der Waals surface area contributed by atoms with E-state index in [0.29, 0.717) is 10.6 Å². The molecule has 0 aliphatic rings. The Balaban J connectivity index is 2.51. The van der Waals surface area contributed by atoms with E-state index in [9.17, 15) is 14.7 Å². The van der Waals surface area contributed by atoms with Crippen molar-refractivity contribution < 1.29 is 14.7 Å². The first kappa shape index (κ1) is 11.8. The Morgan fingerprint density at radius 2 is 2.12 bits per heavy atom. The summed E-state index contributed by atoms with van der Waals surface area (Å²) in [6.07, 6.45) is 0. The van der Waals surface area contributed by atoms with E-state index in [-0.39, 0.29) is 11.5 Å². The van der Waals surface area contributed by atoms with Gasteiger partial charge in [-0.05, 0) is 11.4 Å². The molecule has 0 atom stereocenters. The van der Waals surface area contributed by atoms with Crippen LogP contribution in [0.25, 0.3) is 10.4 Å². The molecule has 4 nitrogen and oxygen atoms in total. The molecule has 0 aromatic carbocycles. The zero-order valence-electron chi connectivity index (χ0n) is 8.85. The van der Waals surface area contributed by atoms with Crippen LogP contribution in [-0.2, 0) is 4.79 Å². The third kappa shape index (κ3) is 2.37. The summed E-state index contributed by atoms with van der Waals surface area (Å²) in [5, 5.41) is 17.5. The minimum absolute atomic E-state index is 0.0488. The van der Waals surface area contributed by atoms with Crippen LogP contribution in [0.15, 0.2) is 22.9 Å². The molecule has 0 unspecified atom stereocenters. The summed E-state index contributed by atoms with van der Waals surface area (Å²) in [6.45, 7) is 1.34. The number of thiophene rings is 2. The van der Waals surface area contributed by atoms with E-state index in [4.69, 9.17) is 0 Å². The van der Waals surface area contributed by atoms with E-state index in [1.807, 2.05) is 17.5 Å². The van der Waals surface area contributed by atoms with Crippen LogP contribution < -0.4 is 10.4 Å². The molecule has 0 fully saturated rings. The van der Waals surface area contributed by atoms with Gasteiger partial charge in [-0.3, -0.25) is 4.79 Å². The summed E-state index contributed by atoms with van der Waals surface area (Å²) in [5.74, 6) is -1.58. The van der Waals surface area contributed by atoms with Gasteiger partial charge in [0.05, 0.1) is 5.97 Å². The Kier molecular flexibility index (Phi) is 3.26. The highest BCUT2D eigenvalue weighted by atomic mass is 32.1. The SMILES string of the molecule is CC(=O)Nc1scc(-c2cccs2)c1C(=O)[O-]. The molecular weight excluding hydrogens is 258 g/mol. The van der Waals surface area contributed by atoms with Crippen molar-refractivity contribution in [1.82, 2.24) is 0 Å². The van der Waals surface area contributed by atoms with Crippen molar-refractivity contribution in [3.05, 3.63) is 28.5 Å². The number of rotatable bonds is 3. The van der Waals surface area contributed by atoms with Gasteiger partial charge < -0.3 is 15.2 Å². The molecule has 1 N–H and O–H groups in total. The number of carboxylic acid groups (broad SMARTS) is 1. The molecule has 0 aliphatic carbocycles. The highest BCUT2D eigenvalue weighted by molar-refractivity contribution is 7.17. The molecule has 0 spiro atoms. The summed E-state index contributed by atoms with van der Waals surface area (Å²) in [7, 11) is 0. The molecule has 0 saturated carbocycles. The first-order chi connectivity index (χ1) is 8.09. The maximum absolute atomic E-state index is 11.1. The van der Waals surface area contributed by atoms with Crippen LogP contribution in [-0.4, -0.2) is 11.9 Å². The van der Waals surface area contributed by atoms with Crippen LogP contribution in [0.1, 0.15) is 17.3 Å². The smallest absolute Gasteiger partial charge is 0.221 e. The predicted molar refractivity (Wildman–Crippen MR) is 66.3 cm³/mol. The highest BCUT2D eigenvalue weighted by Crippen LogP contribution is 2.37. The fraction of sp³-hybridized carbons (Fsp3) is 0.0909. The van der Waals surface area contributed by atoms with Gasteiger partial charge in [-0.15, -0.1) is 22.7 Å². The second kappa shape index (κ2) is 4.68. The molecule has 1 amide bonds. The minimum atomic E-state index is -1.28. The Morgan fingerprint density at radius 1 is 1.35 bits per heavy atom. The fourth-order valence-corrected chi connectivity index (χ4v) is 3.24. The zero-order chi connectivity index (χ0) is 12.4. The van der Waals surface area contributed by atoms with Gasteiger partial charge in [0, 0.05) is 28.3 Å². The fourth-order valence-electron chi connectivity index (χ4n) is 1.43. The lowest BCUT2D eigenvalue weighted by Gasteiger charge is -2.07. The van der Waals surface area contributed by atoms with Crippen molar-refractivity contribution in [1.29, 1.82) is 0 Å². The Morgan fingerprint density at radius 3 is 2.65 bits per heavy atom. The van der Waals surface area contributed by atoms with Gasteiger partial charge in [-0.1, -0.05) is 6.07 Å². The predicted octanol–water partition coefficient (Wildman–Crippen LogP) is 1.80. The number of aromatic carboxylic acids is 1. The molecule has 2 heterocycles. The maximum atomic E-state index is 11.1. The van der Waals surface area contributed by atoms with E-state index in [0.717, 1.165) is 4.88 Å². The molecule has 6 heteroatoms. The number of nitrogens with one attached hydrogen (secondary N) is 1. The lowest BCUT2D eigenvalue weighted by molar-refractivity contribution is -0.254. The molecule has 0 aliphatic heterocycles. The lowest BCUT2D eigenvalue weighted by Crippen LogP contribution is -2.24. The monoisotopic (exact) mass is 266 g/mol. The standard InChI is InChI=1S/C11H9NO3S2/c1-6(13)12-10-9(11(14)15)7(5-17-10)8-3-2-4-16-8/h2-5H,1H3,(H,12,13)(H,14,15)/p-1. The molecule has 17 heavy (non-hydrogen) atoms. The van der Waals surface area contributed by atoms with Gasteiger partial charge in [0.2, 0.25) is 5.91 Å². The average molecular weight is 266 g/mol. The van der Waals surface area contributed by atoms with Crippen LogP contribution in [0.5, 0.6) is 0 Å². The van der Waals surface area contributed by atoms with Gasteiger partial charge in [-0.2, -0.15) is 0 Å². The Bertz CT molecular complexity index is 557. The molecule has 0 bridgehead atoms. The lowest BCUT2D eigenvalue weighted by atomic mass is 10.1. The van der Waals surface area contributed by atoms with Crippen LogP contribution >= 0.6 is 22.7 Å². The van der Waals surface area contributed by atoms with Gasteiger partial charge in [0.15, 0.2) is 0 Å². The molecule has 0 saturated heterocycles. The number of hydrogen-bond acceptors (Lipinski definition) is 5. The normalized spacial score (nSPS) is 10.2. The summed E-state index contributed by atoms with van der Waals surface area (Å²) < 4.78 is 0. The average Bonchev–Trinajstić information content (AvgIpc) is 2.82. The molecule has 2 aromatic heterocycles. The summed E-state index contributed by atoms with van der Waals surface area (Å²) in [4.78, 5) is 22.9. The number of hydrogen-bond donors (Lipinski definition) is 1. The Labute approximate surface area is 106 Å². The van der Waals surface area contributed by atoms with E-state index in [1.165, 1.54) is 29.6 Å². The van der Waals surface area contributed by atoms with Crippen molar-refractivity contribution in [2.75, 3.05) is 5.32 Å². The number of carbonyl (C=O) groups excluding carboxylic acids is 2. The first-order valence-electron chi connectivity index (χ1n) is 4.74. The quantitative estimate of drug-likeness (QED) is 0.921. The second-order valence-corrected chi connectivity index (χ2v) is 5.13. The van der Waals surface area contributed by atoms with E-state index < -0.39 is 5.97 Å². The van der Waals surface area contributed by atoms with Crippen LogP contribution in [0, 0.1) is 0 Å². The summed E-state index contributed by atoms with van der Waals surface area (Å²) in [6, 6.07) is 3.67. The summed E-state index contributed by atoms with van der Waals surface area (Å²) in [5.41, 5.74) is 0.640. The minimum Gasteiger partial charge on any atom is -0.545 e. The van der Waals surface area contributed by atoms with Crippen molar-refractivity contribution in [2.24, 2.45) is 0 Å². The molecule has 0 radical (unpaired) electrons. The zero-order valence-corrected chi connectivity index (χ0v) is 10.5. The van der Waals surface area contributed by atoms with Crippen molar-refractivity contribution in [3.8, 4) is 10.4 Å². The van der Waals surface area contributed by atoms with Crippen molar-refractivity contribution >= 4 is 39.6 Å². The molecular formula is C11H8NO3S2-. The molecule has 88 valence electrons. The van der Waals surface area contributed by atoms with Crippen LogP contribution in [0.4, 0.5) is 5.00 Å². The van der Waals surface area contributed by atoms with Gasteiger partial charge in [0.25, 0.3) is 0 Å². The van der Waals surface area contributed by atoms with E-state index in [2.05, 4.69) is 5.32 Å². The largest absolute Gasteiger partial charge is 0.545 e. The summed E-state index contributed by atoms with van der Waals surface area (Å²) >= 11 is 2.63. The van der Waals surface area contributed by atoms with Gasteiger partial charge in [0.1, 0.15) is 5.00 Å². The third-order valence-corrected chi connectivity index (χ3v) is 3.87. The number of amides is 1. The van der Waals surface area contributed by atoms with Gasteiger partial charge in [-0.25, -0.2) is 0 Å².